The normalized spacial score (nSPS) is 12.0. The molecule has 1 N–H and O–H groups in total. The summed E-state index contributed by atoms with van der Waals surface area (Å²) < 4.78 is 13.0. The second-order valence-corrected chi connectivity index (χ2v) is 6.03. The van der Waals surface area contributed by atoms with Crippen molar-refractivity contribution in [2.75, 3.05) is 13.2 Å². The standard InChI is InChI=1S/C18H26N4O4/c1-4-6-10-25-15-9-8-14(12-16(15)26-11-7-5-2)17-19-20-21-22(17)13(3)18(23)24/h8-9,12-13H,4-7,10-11H2,1-3H3,(H,23,24). The van der Waals surface area contributed by atoms with Crippen LogP contribution in [0.15, 0.2) is 18.2 Å². The van der Waals surface area contributed by atoms with Crippen LogP contribution in [0.2, 0.25) is 0 Å². The maximum atomic E-state index is 11.3. The van der Waals surface area contributed by atoms with Crippen molar-refractivity contribution >= 4 is 5.97 Å². The number of aliphatic carboxylic acids is 1. The van der Waals surface area contributed by atoms with Crippen molar-refractivity contribution in [2.24, 2.45) is 0 Å². The minimum Gasteiger partial charge on any atom is -0.490 e. The summed E-state index contributed by atoms with van der Waals surface area (Å²) in [6.07, 6.45) is 3.98. The lowest BCUT2D eigenvalue weighted by Crippen LogP contribution is -2.18. The molecule has 0 bridgehead atoms. The summed E-state index contributed by atoms with van der Waals surface area (Å²) >= 11 is 0. The maximum absolute atomic E-state index is 11.3. The lowest BCUT2D eigenvalue weighted by atomic mass is 10.1. The summed E-state index contributed by atoms with van der Waals surface area (Å²) in [5.41, 5.74) is 0.678. The van der Waals surface area contributed by atoms with Crippen LogP contribution in [0.5, 0.6) is 11.5 Å². The Hall–Kier alpha value is -2.64. The van der Waals surface area contributed by atoms with E-state index in [4.69, 9.17) is 9.47 Å². The first-order valence-electron chi connectivity index (χ1n) is 8.99. The van der Waals surface area contributed by atoms with Crippen LogP contribution in [0.1, 0.15) is 52.5 Å². The van der Waals surface area contributed by atoms with Crippen molar-refractivity contribution in [1.82, 2.24) is 20.2 Å². The first-order valence-corrected chi connectivity index (χ1v) is 8.99. The molecular weight excluding hydrogens is 336 g/mol. The molecule has 142 valence electrons. The molecule has 0 saturated heterocycles. The molecule has 0 fully saturated rings. The molecule has 0 aliphatic heterocycles. The van der Waals surface area contributed by atoms with Crippen LogP contribution in [0.25, 0.3) is 11.4 Å². The Balaban J connectivity index is 2.31. The van der Waals surface area contributed by atoms with Crippen LogP contribution < -0.4 is 9.47 Å². The van der Waals surface area contributed by atoms with Crippen LogP contribution in [0, 0.1) is 0 Å². The number of unbranched alkanes of at least 4 members (excludes halogenated alkanes) is 2. The van der Waals surface area contributed by atoms with Gasteiger partial charge in [0.15, 0.2) is 23.4 Å². The van der Waals surface area contributed by atoms with Crippen molar-refractivity contribution in [3.63, 3.8) is 0 Å². The van der Waals surface area contributed by atoms with Gasteiger partial charge in [0.1, 0.15) is 0 Å². The average Bonchev–Trinajstić information content (AvgIpc) is 3.12. The molecule has 0 radical (unpaired) electrons. The van der Waals surface area contributed by atoms with Gasteiger partial charge in [0.05, 0.1) is 13.2 Å². The average molecular weight is 362 g/mol. The van der Waals surface area contributed by atoms with Crippen molar-refractivity contribution < 1.29 is 19.4 Å². The SMILES string of the molecule is CCCCOc1ccc(-c2nnnn2C(C)C(=O)O)cc1OCCCC. The monoisotopic (exact) mass is 362 g/mol. The smallest absolute Gasteiger partial charge is 0.328 e. The fourth-order valence-corrected chi connectivity index (χ4v) is 2.28. The van der Waals surface area contributed by atoms with Crippen LogP contribution in [0.3, 0.4) is 0 Å². The molecular formula is C18H26N4O4. The lowest BCUT2D eigenvalue weighted by molar-refractivity contribution is -0.140. The van der Waals surface area contributed by atoms with E-state index in [1.165, 1.54) is 11.6 Å². The molecule has 1 aromatic heterocycles. The Kier molecular flexibility index (Phi) is 7.37. The fourth-order valence-electron chi connectivity index (χ4n) is 2.28. The highest BCUT2D eigenvalue weighted by molar-refractivity contribution is 5.72. The van der Waals surface area contributed by atoms with E-state index in [2.05, 4.69) is 29.4 Å². The Labute approximate surface area is 153 Å². The molecule has 0 aliphatic carbocycles. The fraction of sp³-hybridized carbons (Fsp3) is 0.556. The number of hydrogen-bond acceptors (Lipinski definition) is 6. The van der Waals surface area contributed by atoms with E-state index < -0.39 is 12.0 Å². The molecule has 8 heteroatoms. The minimum absolute atomic E-state index is 0.375. The Morgan fingerprint density at radius 2 is 1.81 bits per heavy atom. The second-order valence-electron chi connectivity index (χ2n) is 6.03. The van der Waals surface area contributed by atoms with Gasteiger partial charge >= 0.3 is 5.97 Å². The van der Waals surface area contributed by atoms with Crippen LogP contribution in [-0.4, -0.2) is 44.5 Å². The summed E-state index contributed by atoms with van der Waals surface area (Å²) in [5.74, 6) is 0.658. The molecule has 0 amide bonds. The zero-order valence-corrected chi connectivity index (χ0v) is 15.5. The van der Waals surface area contributed by atoms with Gasteiger partial charge in [0, 0.05) is 5.56 Å². The van der Waals surface area contributed by atoms with E-state index in [0.29, 0.717) is 36.1 Å². The zero-order chi connectivity index (χ0) is 18.9. The maximum Gasteiger partial charge on any atom is 0.328 e. The Morgan fingerprint density at radius 1 is 1.15 bits per heavy atom. The van der Waals surface area contributed by atoms with Gasteiger partial charge < -0.3 is 14.6 Å². The number of ether oxygens (including phenoxy) is 2. The number of rotatable bonds is 11. The van der Waals surface area contributed by atoms with E-state index in [-0.39, 0.29) is 0 Å². The first kappa shape index (κ1) is 19.7. The summed E-state index contributed by atoms with van der Waals surface area (Å²) in [5, 5.41) is 20.6. The van der Waals surface area contributed by atoms with Gasteiger partial charge in [0.2, 0.25) is 0 Å². The van der Waals surface area contributed by atoms with Gasteiger partial charge in [-0.3, -0.25) is 0 Å². The number of benzene rings is 1. The molecule has 0 spiro atoms. The number of tetrazole rings is 1. The highest BCUT2D eigenvalue weighted by Crippen LogP contribution is 2.33. The van der Waals surface area contributed by atoms with E-state index in [1.807, 2.05) is 12.1 Å². The molecule has 1 aromatic carbocycles. The lowest BCUT2D eigenvalue weighted by Gasteiger charge is -2.14. The number of carbonyl (C=O) groups is 1. The Bertz CT molecular complexity index is 717. The minimum atomic E-state index is -1.00. The third kappa shape index (κ3) is 4.93. The third-order valence-electron chi connectivity index (χ3n) is 3.93. The van der Waals surface area contributed by atoms with Crippen molar-refractivity contribution in [3.8, 4) is 22.9 Å². The van der Waals surface area contributed by atoms with Gasteiger partial charge in [-0.25, -0.2) is 9.48 Å². The van der Waals surface area contributed by atoms with Gasteiger partial charge in [-0.1, -0.05) is 26.7 Å². The predicted octanol–water partition coefficient (Wildman–Crippen LogP) is 3.34. The van der Waals surface area contributed by atoms with Crippen molar-refractivity contribution in [2.45, 2.75) is 52.5 Å². The molecule has 2 rings (SSSR count). The number of aromatic nitrogens is 4. The van der Waals surface area contributed by atoms with Gasteiger partial charge in [-0.15, -0.1) is 5.10 Å². The molecule has 0 aliphatic rings. The summed E-state index contributed by atoms with van der Waals surface area (Å²) in [6.45, 7) is 6.94. The van der Waals surface area contributed by atoms with E-state index in [9.17, 15) is 9.90 Å². The van der Waals surface area contributed by atoms with E-state index >= 15 is 0 Å². The number of carboxylic acids is 1. The van der Waals surface area contributed by atoms with Crippen molar-refractivity contribution in [3.05, 3.63) is 18.2 Å². The molecule has 1 atom stereocenters. The number of carboxylic acid groups (broad SMARTS) is 1. The second kappa shape index (κ2) is 9.74. The zero-order valence-electron chi connectivity index (χ0n) is 15.5. The van der Waals surface area contributed by atoms with Crippen LogP contribution in [0.4, 0.5) is 0 Å². The molecule has 1 unspecified atom stereocenters. The number of nitrogens with zero attached hydrogens (tertiary/aromatic N) is 4. The topological polar surface area (TPSA) is 99.4 Å². The molecule has 8 nitrogen and oxygen atoms in total. The summed E-state index contributed by atoms with van der Waals surface area (Å²) in [4.78, 5) is 11.3. The van der Waals surface area contributed by atoms with Gasteiger partial charge in [-0.05, 0) is 48.4 Å². The summed E-state index contributed by atoms with van der Waals surface area (Å²) in [6, 6.07) is 4.56. The molecule has 1 heterocycles. The largest absolute Gasteiger partial charge is 0.490 e. The predicted molar refractivity (Wildman–Crippen MR) is 96.4 cm³/mol. The quantitative estimate of drug-likeness (QED) is 0.612. The van der Waals surface area contributed by atoms with Gasteiger partial charge in [0.25, 0.3) is 0 Å². The van der Waals surface area contributed by atoms with Crippen LogP contribution >= 0.6 is 0 Å². The highest BCUT2D eigenvalue weighted by Gasteiger charge is 2.21. The highest BCUT2D eigenvalue weighted by atomic mass is 16.5. The molecule has 2 aromatic rings. The van der Waals surface area contributed by atoms with E-state index in [1.54, 1.807) is 6.07 Å². The first-order chi connectivity index (χ1) is 12.6. The van der Waals surface area contributed by atoms with Crippen LogP contribution in [-0.2, 0) is 4.79 Å². The van der Waals surface area contributed by atoms with Gasteiger partial charge in [-0.2, -0.15) is 0 Å². The van der Waals surface area contributed by atoms with Crippen molar-refractivity contribution in [1.29, 1.82) is 0 Å². The third-order valence-corrected chi connectivity index (χ3v) is 3.93. The summed E-state index contributed by atoms with van der Waals surface area (Å²) in [7, 11) is 0. The van der Waals surface area contributed by atoms with E-state index in [0.717, 1.165) is 25.7 Å². The molecule has 0 saturated carbocycles. The Morgan fingerprint density at radius 3 is 2.42 bits per heavy atom. The molecule has 26 heavy (non-hydrogen) atoms. The number of hydrogen-bond donors (Lipinski definition) is 1.